The van der Waals surface area contributed by atoms with E-state index in [4.69, 9.17) is 0 Å². The van der Waals surface area contributed by atoms with Gasteiger partial charge in [-0.2, -0.15) is 5.10 Å². The smallest absolute Gasteiger partial charge is 0.271 e. The Kier molecular flexibility index (Phi) is 3.80. The van der Waals surface area contributed by atoms with Crippen molar-refractivity contribution in [2.24, 2.45) is 7.05 Å². The van der Waals surface area contributed by atoms with Gasteiger partial charge in [0.2, 0.25) is 0 Å². The second kappa shape index (κ2) is 5.60. The Morgan fingerprint density at radius 3 is 3.10 bits per heavy atom. The van der Waals surface area contributed by atoms with E-state index >= 15 is 0 Å². The van der Waals surface area contributed by atoms with Gasteiger partial charge in [0.05, 0.1) is 10.7 Å². The van der Waals surface area contributed by atoms with Crippen molar-refractivity contribution in [3.05, 3.63) is 33.5 Å². The average molecular weight is 304 g/mol. The molecule has 0 radical (unpaired) electrons. The number of fused-ring (bicyclic) bond motifs is 1. The summed E-state index contributed by atoms with van der Waals surface area (Å²) in [6.07, 6.45) is 5.09. The summed E-state index contributed by atoms with van der Waals surface area (Å²) < 4.78 is 1.62. The predicted molar refractivity (Wildman–Crippen MR) is 82.7 cm³/mol. The second-order valence-corrected chi connectivity index (χ2v) is 6.94. The van der Waals surface area contributed by atoms with Gasteiger partial charge in [-0.15, -0.1) is 11.3 Å². The molecule has 5 nitrogen and oxygen atoms in total. The molecule has 1 amide bonds. The molecule has 0 bridgehead atoms. The third-order valence-electron chi connectivity index (χ3n) is 4.06. The van der Waals surface area contributed by atoms with Crippen LogP contribution >= 0.6 is 11.3 Å². The number of amides is 1. The molecule has 2 aromatic rings. The predicted octanol–water partition coefficient (Wildman–Crippen LogP) is 2.38. The maximum Gasteiger partial charge on any atom is 0.271 e. The second-order valence-electron chi connectivity index (χ2n) is 5.66. The zero-order valence-electron chi connectivity index (χ0n) is 12.7. The summed E-state index contributed by atoms with van der Waals surface area (Å²) in [5.41, 5.74) is 1.84. The molecule has 112 valence electrons. The first kappa shape index (κ1) is 14.3. The minimum atomic E-state index is 0.0223. The van der Waals surface area contributed by atoms with E-state index in [1.54, 1.807) is 40.2 Å². The molecule has 0 saturated carbocycles. The molecule has 1 aliphatic carbocycles. The number of carbonyl (C=O) groups is 1. The van der Waals surface area contributed by atoms with E-state index in [0.717, 1.165) is 24.4 Å². The normalized spacial score (nSPS) is 17.6. The number of hydrogen-bond donors (Lipinski definition) is 0. The van der Waals surface area contributed by atoms with Gasteiger partial charge in [0.25, 0.3) is 5.91 Å². The number of aromatic nitrogens is 3. The molecule has 2 aromatic heterocycles. The molecule has 0 saturated heterocycles. The minimum absolute atomic E-state index is 0.0223. The molecular formula is C15H20N4OS. The Morgan fingerprint density at radius 2 is 2.38 bits per heavy atom. The van der Waals surface area contributed by atoms with Crippen LogP contribution in [0.15, 0.2) is 12.3 Å². The summed E-state index contributed by atoms with van der Waals surface area (Å²) in [7, 11) is 3.66. The topological polar surface area (TPSA) is 51.0 Å². The molecule has 0 fully saturated rings. The lowest BCUT2D eigenvalue weighted by molar-refractivity contribution is 0.0772. The fraction of sp³-hybridized carbons (Fsp3) is 0.533. The van der Waals surface area contributed by atoms with Crippen molar-refractivity contribution in [1.82, 2.24) is 19.7 Å². The summed E-state index contributed by atoms with van der Waals surface area (Å²) in [5, 5.41) is 5.20. The highest BCUT2D eigenvalue weighted by Gasteiger charge is 2.27. The molecule has 21 heavy (non-hydrogen) atoms. The summed E-state index contributed by atoms with van der Waals surface area (Å²) in [5.74, 6) is 0.384. The van der Waals surface area contributed by atoms with Crippen LogP contribution in [0.25, 0.3) is 0 Å². The minimum Gasteiger partial charge on any atom is -0.340 e. The Labute approximate surface area is 128 Å². The molecule has 0 spiro atoms. The fourth-order valence-corrected chi connectivity index (χ4v) is 4.06. The lowest BCUT2D eigenvalue weighted by Crippen LogP contribution is -2.33. The molecule has 0 N–H and O–H groups in total. The summed E-state index contributed by atoms with van der Waals surface area (Å²) in [6, 6.07) is 1.76. The van der Waals surface area contributed by atoms with Crippen LogP contribution in [0.2, 0.25) is 0 Å². The van der Waals surface area contributed by atoms with Crippen LogP contribution in [0.4, 0.5) is 0 Å². The SMILES string of the molecule is Cc1nc2c(s1)CCC[C@@H]2CN(C)C(=O)c1ccnn1C. The molecule has 0 aliphatic heterocycles. The summed E-state index contributed by atoms with van der Waals surface area (Å²) >= 11 is 1.80. The summed E-state index contributed by atoms with van der Waals surface area (Å²) in [6.45, 7) is 2.78. The van der Waals surface area contributed by atoms with Crippen LogP contribution in [0.1, 0.15) is 44.8 Å². The Balaban J connectivity index is 1.75. The van der Waals surface area contributed by atoms with Crippen molar-refractivity contribution in [1.29, 1.82) is 0 Å². The van der Waals surface area contributed by atoms with Gasteiger partial charge in [-0.3, -0.25) is 9.48 Å². The Bertz CT molecular complexity index is 660. The van der Waals surface area contributed by atoms with Gasteiger partial charge in [0, 0.05) is 37.6 Å². The number of hydrogen-bond acceptors (Lipinski definition) is 4. The van der Waals surface area contributed by atoms with E-state index < -0.39 is 0 Å². The van der Waals surface area contributed by atoms with Crippen LogP contribution in [-0.4, -0.2) is 39.2 Å². The van der Waals surface area contributed by atoms with Gasteiger partial charge in [0.15, 0.2) is 0 Å². The van der Waals surface area contributed by atoms with Gasteiger partial charge in [-0.1, -0.05) is 0 Å². The van der Waals surface area contributed by atoms with Gasteiger partial charge in [-0.25, -0.2) is 4.98 Å². The first-order valence-corrected chi connectivity index (χ1v) is 8.07. The van der Waals surface area contributed by atoms with Gasteiger partial charge in [-0.05, 0) is 32.3 Å². The van der Waals surface area contributed by atoms with E-state index in [0.29, 0.717) is 11.6 Å². The number of thiazole rings is 1. The number of rotatable bonds is 3. The maximum absolute atomic E-state index is 12.5. The molecular weight excluding hydrogens is 284 g/mol. The van der Waals surface area contributed by atoms with E-state index in [1.165, 1.54) is 17.0 Å². The van der Waals surface area contributed by atoms with Crippen LogP contribution in [0.5, 0.6) is 0 Å². The van der Waals surface area contributed by atoms with Crippen molar-refractivity contribution in [3.8, 4) is 0 Å². The Hall–Kier alpha value is -1.69. The van der Waals surface area contributed by atoms with Crippen LogP contribution in [0.3, 0.4) is 0 Å². The van der Waals surface area contributed by atoms with Gasteiger partial charge in [0.1, 0.15) is 5.69 Å². The van der Waals surface area contributed by atoms with Crippen molar-refractivity contribution in [3.63, 3.8) is 0 Å². The highest BCUT2D eigenvalue weighted by molar-refractivity contribution is 7.11. The Morgan fingerprint density at radius 1 is 1.57 bits per heavy atom. The molecule has 0 aromatic carbocycles. The molecule has 6 heteroatoms. The third kappa shape index (κ3) is 2.72. The van der Waals surface area contributed by atoms with Crippen molar-refractivity contribution >= 4 is 17.2 Å². The maximum atomic E-state index is 12.5. The molecule has 1 atom stereocenters. The highest BCUT2D eigenvalue weighted by Crippen LogP contribution is 2.35. The van der Waals surface area contributed by atoms with E-state index in [2.05, 4.69) is 17.0 Å². The molecule has 1 aliphatic rings. The largest absolute Gasteiger partial charge is 0.340 e. The number of nitrogens with zero attached hydrogens (tertiary/aromatic N) is 4. The van der Waals surface area contributed by atoms with Crippen molar-refractivity contribution in [2.75, 3.05) is 13.6 Å². The molecule has 3 rings (SSSR count). The fourth-order valence-electron chi connectivity index (χ4n) is 3.00. The first-order valence-electron chi connectivity index (χ1n) is 7.26. The quantitative estimate of drug-likeness (QED) is 0.875. The molecule has 2 heterocycles. The van der Waals surface area contributed by atoms with Crippen molar-refractivity contribution in [2.45, 2.75) is 32.1 Å². The lowest BCUT2D eigenvalue weighted by atomic mass is 9.90. The van der Waals surface area contributed by atoms with Gasteiger partial charge >= 0.3 is 0 Å². The average Bonchev–Trinajstić information content (AvgIpc) is 3.03. The number of carbonyl (C=O) groups excluding carboxylic acids is 1. The van der Waals surface area contributed by atoms with E-state index in [-0.39, 0.29) is 5.91 Å². The zero-order valence-corrected chi connectivity index (χ0v) is 13.5. The van der Waals surface area contributed by atoms with Crippen LogP contribution in [-0.2, 0) is 13.5 Å². The van der Waals surface area contributed by atoms with Gasteiger partial charge < -0.3 is 4.90 Å². The molecule has 0 unspecified atom stereocenters. The number of likely N-dealkylation sites (N-methyl/N-ethyl adjacent to an activating group) is 1. The standard InChI is InChI=1S/C15H20N4OS/c1-10-17-14-11(5-4-6-13(14)21-10)9-18(2)15(20)12-7-8-16-19(12)3/h7-8,11H,4-6,9H2,1-3H3/t11-/m1/s1. The first-order chi connectivity index (χ1) is 10.1. The van der Waals surface area contributed by atoms with Crippen LogP contribution in [0, 0.1) is 6.92 Å². The summed E-state index contributed by atoms with van der Waals surface area (Å²) in [4.78, 5) is 20.4. The van der Waals surface area contributed by atoms with Crippen molar-refractivity contribution < 1.29 is 4.79 Å². The van der Waals surface area contributed by atoms with Crippen LogP contribution < -0.4 is 0 Å². The highest BCUT2D eigenvalue weighted by atomic mass is 32.1. The zero-order chi connectivity index (χ0) is 15.0. The van der Waals surface area contributed by atoms with E-state index in [9.17, 15) is 4.79 Å². The number of aryl methyl sites for hydroxylation is 3. The monoisotopic (exact) mass is 304 g/mol. The van der Waals surface area contributed by atoms with E-state index in [1.807, 2.05) is 7.05 Å². The lowest BCUT2D eigenvalue weighted by Gasteiger charge is -2.26. The third-order valence-corrected chi connectivity index (χ3v) is 5.10.